The molecular weight excluding hydrogens is 256 g/mol. The maximum atomic E-state index is 11.6. The van der Waals surface area contributed by atoms with E-state index in [2.05, 4.69) is 15.3 Å². The van der Waals surface area contributed by atoms with Crippen molar-refractivity contribution in [2.45, 2.75) is 32.7 Å². The fraction of sp³-hybridized carbons (Fsp3) is 0.500. The summed E-state index contributed by atoms with van der Waals surface area (Å²) in [4.78, 5) is 14.3. The molecule has 0 radical (unpaired) electrons. The maximum Gasteiger partial charge on any atom is 0.328 e. The Hall–Kier alpha value is -2.04. The number of hydrogen-bond acceptors (Lipinski definition) is 3. The first-order chi connectivity index (χ1) is 9.41. The van der Waals surface area contributed by atoms with Gasteiger partial charge >= 0.3 is 5.97 Å². The highest BCUT2D eigenvalue weighted by molar-refractivity contribution is 5.80. The molecule has 0 spiro atoms. The zero-order valence-electron chi connectivity index (χ0n) is 12.1. The SMILES string of the molecule is Cc1ccc(C(C)(NCCCN=[N+]=[N-])C(=O)O)c(C)c1. The number of aryl methyl sites for hydroxylation is 2. The third-order valence-corrected chi connectivity index (χ3v) is 3.33. The van der Waals surface area contributed by atoms with E-state index in [-0.39, 0.29) is 0 Å². The quantitative estimate of drug-likeness (QED) is 0.346. The molecule has 0 fully saturated rings. The molecule has 0 saturated carbocycles. The van der Waals surface area contributed by atoms with Gasteiger partial charge in [-0.1, -0.05) is 28.9 Å². The summed E-state index contributed by atoms with van der Waals surface area (Å²) in [7, 11) is 0. The predicted molar refractivity (Wildman–Crippen MR) is 77.5 cm³/mol. The molecule has 1 aromatic carbocycles. The zero-order valence-corrected chi connectivity index (χ0v) is 12.1. The Labute approximate surface area is 118 Å². The Balaban J connectivity index is 2.91. The van der Waals surface area contributed by atoms with Gasteiger partial charge in [0.1, 0.15) is 5.54 Å². The van der Waals surface area contributed by atoms with Crippen molar-refractivity contribution in [3.8, 4) is 0 Å². The number of aliphatic carboxylic acids is 1. The van der Waals surface area contributed by atoms with Crippen LogP contribution in [-0.2, 0) is 10.3 Å². The Morgan fingerprint density at radius 1 is 1.50 bits per heavy atom. The number of hydrogen-bond donors (Lipinski definition) is 2. The van der Waals surface area contributed by atoms with Gasteiger partial charge in [-0.15, -0.1) is 0 Å². The molecule has 1 unspecified atom stereocenters. The third-order valence-electron chi connectivity index (χ3n) is 3.33. The van der Waals surface area contributed by atoms with Gasteiger partial charge in [-0.05, 0) is 50.4 Å². The number of rotatable bonds is 7. The lowest BCUT2D eigenvalue weighted by molar-refractivity contribution is -0.144. The van der Waals surface area contributed by atoms with Crippen molar-refractivity contribution in [3.05, 3.63) is 45.3 Å². The van der Waals surface area contributed by atoms with Gasteiger partial charge in [0.05, 0.1) is 0 Å². The highest BCUT2D eigenvalue weighted by atomic mass is 16.4. The molecule has 0 bridgehead atoms. The van der Waals surface area contributed by atoms with Gasteiger partial charge in [-0.2, -0.15) is 0 Å². The lowest BCUT2D eigenvalue weighted by Gasteiger charge is -2.28. The third kappa shape index (κ3) is 3.73. The van der Waals surface area contributed by atoms with Crippen LogP contribution in [0.5, 0.6) is 0 Å². The predicted octanol–water partition coefficient (Wildman–Crippen LogP) is 2.89. The summed E-state index contributed by atoms with van der Waals surface area (Å²) in [6.45, 7) is 6.36. The van der Waals surface area contributed by atoms with Crippen LogP contribution in [0.15, 0.2) is 23.3 Å². The first kappa shape index (κ1) is 16.0. The number of carboxylic acids is 1. The summed E-state index contributed by atoms with van der Waals surface area (Å²) in [6.07, 6.45) is 0.595. The molecule has 1 rings (SSSR count). The number of nitrogens with zero attached hydrogens (tertiary/aromatic N) is 3. The van der Waals surface area contributed by atoms with Crippen LogP contribution in [0.2, 0.25) is 0 Å². The summed E-state index contributed by atoms with van der Waals surface area (Å²) in [5.41, 5.74) is 9.84. The minimum atomic E-state index is -1.14. The van der Waals surface area contributed by atoms with Crippen molar-refractivity contribution in [1.82, 2.24) is 5.32 Å². The largest absolute Gasteiger partial charge is 0.480 e. The minimum Gasteiger partial charge on any atom is -0.480 e. The molecule has 0 aliphatic rings. The average Bonchev–Trinajstić information content (AvgIpc) is 2.37. The van der Waals surface area contributed by atoms with E-state index >= 15 is 0 Å². The van der Waals surface area contributed by atoms with Crippen LogP contribution in [0.1, 0.15) is 30.0 Å². The Kier molecular flexibility index (Phi) is 5.55. The zero-order chi connectivity index (χ0) is 15.2. The van der Waals surface area contributed by atoms with Crippen LogP contribution >= 0.6 is 0 Å². The molecule has 108 valence electrons. The summed E-state index contributed by atoms with van der Waals surface area (Å²) >= 11 is 0. The summed E-state index contributed by atoms with van der Waals surface area (Å²) in [5, 5.41) is 16.0. The van der Waals surface area contributed by atoms with Crippen LogP contribution in [0.25, 0.3) is 10.4 Å². The molecule has 0 aromatic heterocycles. The maximum absolute atomic E-state index is 11.6. The highest BCUT2D eigenvalue weighted by Gasteiger charge is 2.35. The van der Waals surface area contributed by atoms with E-state index in [0.29, 0.717) is 19.5 Å². The minimum absolute atomic E-state index is 0.353. The summed E-state index contributed by atoms with van der Waals surface area (Å²) in [5.74, 6) is -0.923. The first-order valence-corrected chi connectivity index (χ1v) is 6.49. The number of carboxylic acid groups (broad SMARTS) is 1. The number of carbonyl (C=O) groups is 1. The van der Waals surface area contributed by atoms with E-state index in [0.717, 1.165) is 16.7 Å². The summed E-state index contributed by atoms with van der Waals surface area (Å²) in [6, 6.07) is 5.72. The van der Waals surface area contributed by atoms with Crippen molar-refractivity contribution in [2.24, 2.45) is 5.11 Å². The lowest BCUT2D eigenvalue weighted by Crippen LogP contribution is -2.47. The van der Waals surface area contributed by atoms with Gasteiger partial charge in [-0.25, -0.2) is 4.79 Å². The van der Waals surface area contributed by atoms with Crippen LogP contribution < -0.4 is 5.32 Å². The molecule has 6 heteroatoms. The number of benzene rings is 1. The molecule has 1 aromatic rings. The van der Waals surface area contributed by atoms with E-state index in [1.54, 1.807) is 6.92 Å². The van der Waals surface area contributed by atoms with E-state index < -0.39 is 11.5 Å². The van der Waals surface area contributed by atoms with Crippen molar-refractivity contribution >= 4 is 5.97 Å². The molecule has 0 saturated heterocycles. The highest BCUT2D eigenvalue weighted by Crippen LogP contribution is 2.25. The van der Waals surface area contributed by atoms with Crippen molar-refractivity contribution in [3.63, 3.8) is 0 Å². The second kappa shape index (κ2) is 6.93. The molecule has 1 atom stereocenters. The second-order valence-corrected chi connectivity index (χ2v) is 4.98. The topological polar surface area (TPSA) is 98.1 Å². The number of azide groups is 1. The summed E-state index contributed by atoms with van der Waals surface area (Å²) < 4.78 is 0. The van der Waals surface area contributed by atoms with Gasteiger partial charge in [0.15, 0.2) is 0 Å². The van der Waals surface area contributed by atoms with Crippen LogP contribution in [0.4, 0.5) is 0 Å². The van der Waals surface area contributed by atoms with Gasteiger partial charge in [-0.3, -0.25) is 5.32 Å². The van der Waals surface area contributed by atoms with Gasteiger partial charge in [0.2, 0.25) is 0 Å². The van der Waals surface area contributed by atoms with Gasteiger partial charge < -0.3 is 5.11 Å². The second-order valence-electron chi connectivity index (χ2n) is 4.98. The fourth-order valence-corrected chi connectivity index (χ4v) is 2.19. The first-order valence-electron chi connectivity index (χ1n) is 6.49. The van der Waals surface area contributed by atoms with Gasteiger partial charge in [0, 0.05) is 11.5 Å². The molecule has 2 N–H and O–H groups in total. The molecule has 0 aliphatic carbocycles. The van der Waals surface area contributed by atoms with E-state index in [9.17, 15) is 9.90 Å². The molecule has 0 aliphatic heterocycles. The van der Waals surface area contributed by atoms with Crippen LogP contribution in [0, 0.1) is 13.8 Å². The van der Waals surface area contributed by atoms with Crippen LogP contribution in [0.3, 0.4) is 0 Å². The molecular formula is C14H20N4O2. The van der Waals surface area contributed by atoms with Crippen molar-refractivity contribution in [2.75, 3.05) is 13.1 Å². The lowest BCUT2D eigenvalue weighted by atomic mass is 9.87. The average molecular weight is 276 g/mol. The smallest absolute Gasteiger partial charge is 0.328 e. The van der Waals surface area contributed by atoms with E-state index in [1.807, 2.05) is 32.0 Å². The molecule has 6 nitrogen and oxygen atoms in total. The van der Waals surface area contributed by atoms with E-state index in [1.165, 1.54) is 0 Å². The number of nitrogens with one attached hydrogen (secondary N) is 1. The molecule has 0 amide bonds. The molecule has 20 heavy (non-hydrogen) atoms. The van der Waals surface area contributed by atoms with Crippen molar-refractivity contribution in [1.29, 1.82) is 0 Å². The Bertz CT molecular complexity index is 538. The van der Waals surface area contributed by atoms with Gasteiger partial charge in [0.25, 0.3) is 0 Å². The Morgan fingerprint density at radius 2 is 2.20 bits per heavy atom. The Morgan fingerprint density at radius 3 is 2.75 bits per heavy atom. The monoisotopic (exact) mass is 276 g/mol. The van der Waals surface area contributed by atoms with Crippen molar-refractivity contribution < 1.29 is 9.90 Å². The van der Waals surface area contributed by atoms with Crippen LogP contribution in [-0.4, -0.2) is 24.2 Å². The van der Waals surface area contributed by atoms with E-state index in [4.69, 9.17) is 5.53 Å². The standard InChI is InChI=1S/C14H20N4O2/c1-10-5-6-12(11(2)9-10)14(3,13(19)20)16-7-4-8-17-18-15/h5-6,9,16H,4,7-8H2,1-3H3,(H,19,20). The fourth-order valence-electron chi connectivity index (χ4n) is 2.19. The normalized spacial score (nSPS) is 13.3. The molecule has 0 heterocycles.